The van der Waals surface area contributed by atoms with E-state index >= 15 is 0 Å². The second kappa shape index (κ2) is 7.94. The van der Waals surface area contributed by atoms with Gasteiger partial charge in [-0.25, -0.2) is 0 Å². The van der Waals surface area contributed by atoms with Crippen molar-refractivity contribution >= 4 is 34.8 Å². The number of benzene rings is 2. The second-order valence-electron chi connectivity index (χ2n) is 10.1. The first kappa shape index (κ1) is 21.0. The maximum absolute atomic E-state index is 13.1. The Morgan fingerprint density at radius 3 is 2.06 bits per heavy atom. The van der Waals surface area contributed by atoms with Crippen LogP contribution in [0.1, 0.15) is 71.2 Å². The highest BCUT2D eigenvalue weighted by Gasteiger charge is 2.51. The summed E-state index contributed by atoms with van der Waals surface area (Å²) in [6.07, 6.45) is 8.57. The number of Topliss-reactive ketones (excluding diaryl/α,β-unsaturated/α-hetero) is 2. The second-order valence-corrected chi connectivity index (χ2v) is 10.9. The molecule has 0 heterocycles. The van der Waals surface area contributed by atoms with Gasteiger partial charge in [-0.05, 0) is 79.4 Å². The van der Waals surface area contributed by atoms with E-state index in [-0.39, 0.29) is 39.7 Å². The van der Waals surface area contributed by atoms with Crippen LogP contribution in [-0.2, 0) is 6.42 Å². The van der Waals surface area contributed by atoms with Crippen LogP contribution in [0.25, 0.3) is 0 Å². The lowest BCUT2D eigenvalue weighted by atomic mass is 9.48. The predicted octanol–water partition coefficient (Wildman–Crippen LogP) is 6.91. The molecule has 1 N–H and O–H groups in total. The van der Waals surface area contributed by atoms with Gasteiger partial charge in [-0.1, -0.05) is 47.5 Å². The van der Waals surface area contributed by atoms with E-state index in [0.717, 1.165) is 28.9 Å². The summed E-state index contributed by atoms with van der Waals surface area (Å²) in [6.45, 7) is 0. The molecule has 2 aromatic carbocycles. The van der Waals surface area contributed by atoms with Gasteiger partial charge < -0.3 is 5.11 Å². The van der Waals surface area contributed by atoms with Crippen molar-refractivity contribution in [2.75, 3.05) is 0 Å². The van der Waals surface area contributed by atoms with Gasteiger partial charge in [-0.15, -0.1) is 0 Å². The zero-order valence-corrected chi connectivity index (χ0v) is 18.9. The zero-order chi connectivity index (χ0) is 21.8. The highest BCUT2D eigenvalue weighted by molar-refractivity contribution is 6.36. The highest BCUT2D eigenvalue weighted by atomic mass is 35.5. The zero-order valence-electron chi connectivity index (χ0n) is 17.4. The Balaban J connectivity index is 1.26. The van der Waals surface area contributed by atoms with E-state index in [1.807, 2.05) is 24.3 Å². The first-order valence-electron chi connectivity index (χ1n) is 11.1. The van der Waals surface area contributed by atoms with Crippen LogP contribution in [0.2, 0.25) is 10.0 Å². The molecular formula is C26H26Cl2O3. The molecule has 5 heteroatoms. The minimum atomic E-state index is -0.269. The lowest BCUT2D eigenvalue weighted by Gasteiger charge is -2.56. The van der Waals surface area contributed by atoms with Crippen molar-refractivity contribution in [3.8, 4) is 5.75 Å². The summed E-state index contributed by atoms with van der Waals surface area (Å²) in [7, 11) is 0. The van der Waals surface area contributed by atoms with Crippen molar-refractivity contribution < 1.29 is 14.7 Å². The smallest absolute Gasteiger partial charge is 0.171 e. The molecule has 0 unspecified atom stereocenters. The molecule has 4 bridgehead atoms. The fraction of sp³-hybridized carbons (Fsp3) is 0.462. The van der Waals surface area contributed by atoms with Gasteiger partial charge in [-0.3, -0.25) is 9.59 Å². The molecule has 0 aliphatic heterocycles. The summed E-state index contributed by atoms with van der Waals surface area (Å²) in [4.78, 5) is 25.7. The van der Waals surface area contributed by atoms with E-state index in [9.17, 15) is 14.7 Å². The standard InChI is InChI=1S/C26H26Cl2O3/c27-20-9-21(25(31)22(28)10-20)23(29)8-15-1-3-19(4-2-15)24(30)14-26-11-16-5-17(12-26)7-18(6-16)13-26/h1-4,9-10,16-18,31H,5-8,11-14H2. The van der Waals surface area contributed by atoms with Gasteiger partial charge in [0.05, 0.1) is 10.6 Å². The Morgan fingerprint density at radius 2 is 1.48 bits per heavy atom. The number of ketones is 2. The topological polar surface area (TPSA) is 54.4 Å². The van der Waals surface area contributed by atoms with E-state index in [2.05, 4.69) is 0 Å². The van der Waals surface area contributed by atoms with Gasteiger partial charge in [0.15, 0.2) is 11.6 Å². The Hall–Kier alpha value is -1.84. The summed E-state index contributed by atoms with van der Waals surface area (Å²) < 4.78 is 0. The highest BCUT2D eigenvalue weighted by Crippen LogP contribution is 2.61. The number of halogens is 2. The lowest BCUT2D eigenvalue weighted by molar-refractivity contribution is -0.0524. The molecule has 2 aromatic rings. The summed E-state index contributed by atoms with van der Waals surface area (Å²) in [5.74, 6) is 2.21. The van der Waals surface area contributed by atoms with Crippen LogP contribution in [0.15, 0.2) is 36.4 Å². The molecule has 4 saturated carbocycles. The van der Waals surface area contributed by atoms with Crippen molar-refractivity contribution in [1.29, 1.82) is 0 Å². The molecule has 0 atom stereocenters. The van der Waals surface area contributed by atoms with E-state index < -0.39 is 0 Å². The third-order valence-corrected chi connectivity index (χ3v) is 8.18. The molecule has 0 radical (unpaired) electrons. The molecule has 31 heavy (non-hydrogen) atoms. The van der Waals surface area contributed by atoms with Crippen molar-refractivity contribution in [2.45, 2.75) is 51.4 Å². The molecule has 0 spiro atoms. The quantitative estimate of drug-likeness (QED) is 0.480. The number of phenols is 1. The van der Waals surface area contributed by atoms with Gasteiger partial charge in [0, 0.05) is 23.4 Å². The van der Waals surface area contributed by atoms with E-state index in [0.29, 0.717) is 11.4 Å². The Bertz CT molecular complexity index is 1010. The Labute approximate surface area is 192 Å². The Kier molecular flexibility index (Phi) is 5.38. The fourth-order valence-corrected chi connectivity index (χ4v) is 7.31. The van der Waals surface area contributed by atoms with Crippen LogP contribution in [0.3, 0.4) is 0 Å². The van der Waals surface area contributed by atoms with E-state index in [1.165, 1.54) is 50.7 Å². The molecule has 0 saturated heterocycles. The molecule has 4 fully saturated rings. The van der Waals surface area contributed by atoms with Crippen molar-refractivity contribution in [3.63, 3.8) is 0 Å². The molecule has 4 aliphatic rings. The molecule has 0 amide bonds. The average Bonchev–Trinajstić information content (AvgIpc) is 2.69. The summed E-state index contributed by atoms with van der Waals surface area (Å²) in [5, 5.41) is 10.4. The number of hydrogen-bond acceptors (Lipinski definition) is 3. The third-order valence-electron chi connectivity index (χ3n) is 7.67. The molecular weight excluding hydrogens is 431 g/mol. The van der Waals surface area contributed by atoms with E-state index in [1.54, 1.807) is 0 Å². The van der Waals surface area contributed by atoms with Gasteiger partial charge >= 0.3 is 0 Å². The minimum absolute atomic E-state index is 0.0569. The molecule has 6 rings (SSSR count). The average molecular weight is 457 g/mol. The SMILES string of the molecule is O=C(CC12CC3CC(CC(C3)C1)C2)c1ccc(CC(=O)c2cc(Cl)cc(Cl)c2O)cc1. The lowest BCUT2D eigenvalue weighted by Crippen LogP contribution is -2.46. The predicted molar refractivity (Wildman–Crippen MR) is 122 cm³/mol. The number of carbonyl (C=O) groups excluding carboxylic acids is 2. The normalized spacial score (nSPS) is 28.6. The van der Waals surface area contributed by atoms with Gasteiger partial charge in [-0.2, -0.15) is 0 Å². The summed E-state index contributed by atoms with van der Waals surface area (Å²) in [5.41, 5.74) is 1.84. The summed E-state index contributed by atoms with van der Waals surface area (Å²) >= 11 is 11.9. The number of rotatable bonds is 6. The van der Waals surface area contributed by atoms with Gasteiger partial charge in [0.25, 0.3) is 0 Å². The fourth-order valence-electron chi connectivity index (χ4n) is 6.82. The maximum atomic E-state index is 13.1. The molecule has 3 nitrogen and oxygen atoms in total. The van der Waals surface area contributed by atoms with E-state index in [4.69, 9.17) is 23.2 Å². The van der Waals surface area contributed by atoms with Crippen molar-refractivity contribution in [2.24, 2.45) is 23.2 Å². The maximum Gasteiger partial charge on any atom is 0.171 e. The minimum Gasteiger partial charge on any atom is -0.506 e. The summed E-state index contributed by atoms with van der Waals surface area (Å²) in [6, 6.07) is 10.1. The third kappa shape index (κ3) is 4.15. The van der Waals surface area contributed by atoms with Gasteiger partial charge in [0.2, 0.25) is 0 Å². The van der Waals surface area contributed by atoms with Crippen LogP contribution < -0.4 is 0 Å². The van der Waals surface area contributed by atoms with Crippen LogP contribution in [0, 0.1) is 23.2 Å². The van der Waals surface area contributed by atoms with Crippen LogP contribution in [0.4, 0.5) is 0 Å². The monoisotopic (exact) mass is 456 g/mol. The number of phenolic OH excluding ortho intramolecular Hbond substituents is 1. The molecule has 0 aromatic heterocycles. The molecule has 162 valence electrons. The number of hydrogen-bond donors (Lipinski definition) is 1. The number of aromatic hydroxyl groups is 1. The Morgan fingerprint density at radius 1 is 0.903 bits per heavy atom. The first-order chi connectivity index (χ1) is 14.8. The van der Waals surface area contributed by atoms with Crippen LogP contribution in [0.5, 0.6) is 5.75 Å². The number of carbonyl (C=O) groups is 2. The largest absolute Gasteiger partial charge is 0.506 e. The van der Waals surface area contributed by atoms with Crippen molar-refractivity contribution in [1.82, 2.24) is 0 Å². The van der Waals surface area contributed by atoms with Crippen molar-refractivity contribution in [3.05, 3.63) is 63.1 Å². The first-order valence-corrected chi connectivity index (χ1v) is 11.9. The van der Waals surface area contributed by atoms with Crippen LogP contribution >= 0.6 is 23.2 Å². The molecule has 4 aliphatic carbocycles. The van der Waals surface area contributed by atoms with Crippen LogP contribution in [-0.4, -0.2) is 16.7 Å². The van der Waals surface area contributed by atoms with Gasteiger partial charge in [0.1, 0.15) is 5.75 Å².